The van der Waals surface area contributed by atoms with Gasteiger partial charge in [-0.05, 0) is 41.0 Å². The number of benzene rings is 3. The SMILES string of the molecule is COC(=O)C(c1ccccc1)c1ccc(N(C)Cc2ccc(OC)cc2)cc1. The lowest BCUT2D eigenvalue weighted by Crippen LogP contribution is -2.18. The van der Waals surface area contributed by atoms with Crippen LogP contribution in [0.15, 0.2) is 78.9 Å². The third-order valence-corrected chi connectivity index (χ3v) is 4.82. The highest BCUT2D eigenvalue weighted by molar-refractivity contribution is 5.82. The van der Waals surface area contributed by atoms with Gasteiger partial charge in [0.15, 0.2) is 0 Å². The van der Waals surface area contributed by atoms with Crippen molar-refractivity contribution >= 4 is 11.7 Å². The summed E-state index contributed by atoms with van der Waals surface area (Å²) in [5.41, 5.74) is 4.12. The fourth-order valence-corrected chi connectivity index (χ4v) is 3.25. The van der Waals surface area contributed by atoms with Crippen molar-refractivity contribution in [1.82, 2.24) is 0 Å². The Bertz CT molecular complexity index is 889. The Balaban J connectivity index is 1.77. The molecule has 0 aliphatic carbocycles. The third-order valence-electron chi connectivity index (χ3n) is 4.82. The van der Waals surface area contributed by atoms with E-state index in [-0.39, 0.29) is 5.97 Å². The first-order valence-corrected chi connectivity index (χ1v) is 9.19. The van der Waals surface area contributed by atoms with E-state index in [4.69, 9.17) is 9.47 Å². The molecule has 0 N–H and O–H groups in total. The van der Waals surface area contributed by atoms with Gasteiger partial charge >= 0.3 is 5.97 Å². The average Bonchev–Trinajstić information content (AvgIpc) is 2.75. The average molecular weight is 375 g/mol. The minimum atomic E-state index is -0.424. The number of esters is 1. The zero-order valence-electron chi connectivity index (χ0n) is 16.5. The molecular formula is C24H25NO3. The highest BCUT2D eigenvalue weighted by Gasteiger charge is 2.23. The Morgan fingerprint density at radius 3 is 2.04 bits per heavy atom. The normalized spacial score (nSPS) is 11.5. The molecule has 0 saturated carbocycles. The van der Waals surface area contributed by atoms with Gasteiger partial charge < -0.3 is 14.4 Å². The number of rotatable bonds is 7. The van der Waals surface area contributed by atoms with Gasteiger partial charge in [-0.25, -0.2) is 0 Å². The minimum Gasteiger partial charge on any atom is -0.497 e. The van der Waals surface area contributed by atoms with Crippen LogP contribution < -0.4 is 9.64 Å². The van der Waals surface area contributed by atoms with Crippen molar-refractivity contribution in [2.75, 3.05) is 26.2 Å². The molecule has 0 bridgehead atoms. The molecule has 4 nitrogen and oxygen atoms in total. The van der Waals surface area contributed by atoms with E-state index in [1.165, 1.54) is 12.7 Å². The van der Waals surface area contributed by atoms with Crippen LogP contribution in [0.5, 0.6) is 5.75 Å². The van der Waals surface area contributed by atoms with Gasteiger partial charge in [0.25, 0.3) is 0 Å². The van der Waals surface area contributed by atoms with E-state index in [2.05, 4.69) is 17.0 Å². The van der Waals surface area contributed by atoms with Crippen molar-refractivity contribution in [2.24, 2.45) is 0 Å². The Kier molecular flexibility index (Phi) is 6.33. The van der Waals surface area contributed by atoms with Gasteiger partial charge in [-0.2, -0.15) is 0 Å². The monoisotopic (exact) mass is 375 g/mol. The smallest absolute Gasteiger partial charge is 0.317 e. The second-order valence-corrected chi connectivity index (χ2v) is 6.66. The molecule has 0 heterocycles. The van der Waals surface area contributed by atoms with E-state index in [9.17, 15) is 4.79 Å². The van der Waals surface area contributed by atoms with Crippen molar-refractivity contribution in [2.45, 2.75) is 12.5 Å². The van der Waals surface area contributed by atoms with Crippen LogP contribution >= 0.6 is 0 Å². The molecule has 0 radical (unpaired) electrons. The summed E-state index contributed by atoms with van der Waals surface area (Å²) in [6, 6.07) is 25.8. The van der Waals surface area contributed by atoms with Crippen LogP contribution in [0.3, 0.4) is 0 Å². The summed E-state index contributed by atoms with van der Waals surface area (Å²) in [5, 5.41) is 0. The Morgan fingerprint density at radius 2 is 1.46 bits per heavy atom. The fraction of sp³-hybridized carbons (Fsp3) is 0.208. The van der Waals surface area contributed by atoms with Gasteiger partial charge in [0.2, 0.25) is 0 Å². The standard InChI is InChI=1S/C24H25NO3/c1-25(17-18-9-15-22(27-2)16-10-18)21-13-11-20(12-14-21)23(24(26)28-3)19-7-5-4-6-8-19/h4-16,23H,17H2,1-3H3. The van der Waals surface area contributed by atoms with Crippen LogP contribution in [-0.4, -0.2) is 27.2 Å². The molecule has 0 aliphatic heterocycles. The van der Waals surface area contributed by atoms with E-state index in [0.717, 1.165) is 29.1 Å². The van der Waals surface area contributed by atoms with E-state index in [1.54, 1.807) is 7.11 Å². The summed E-state index contributed by atoms with van der Waals surface area (Å²) < 4.78 is 10.2. The summed E-state index contributed by atoms with van der Waals surface area (Å²) >= 11 is 0. The van der Waals surface area contributed by atoms with Gasteiger partial charge in [0.05, 0.1) is 14.2 Å². The molecule has 0 aromatic heterocycles. The largest absolute Gasteiger partial charge is 0.497 e. The molecule has 0 saturated heterocycles. The maximum absolute atomic E-state index is 12.4. The van der Waals surface area contributed by atoms with Gasteiger partial charge in [-0.15, -0.1) is 0 Å². The minimum absolute atomic E-state index is 0.259. The number of carbonyl (C=O) groups is 1. The number of carbonyl (C=O) groups excluding carboxylic acids is 1. The van der Waals surface area contributed by atoms with E-state index >= 15 is 0 Å². The van der Waals surface area contributed by atoms with Gasteiger partial charge in [0, 0.05) is 19.3 Å². The summed E-state index contributed by atoms with van der Waals surface area (Å²) in [6.07, 6.45) is 0. The molecule has 0 fully saturated rings. The quantitative estimate of drug-likeness (QED) is 0.564. The van der Waals surface area contributed by atoms with Crippen molar-refractivity contribution in [3.05, 3.63) is 95.6 Å². The molecular weight excluding hydrogens is 350 g/mol. The van der Waals surface area contributed by atoms with E-state index < -0.39 is 5.92 Å². The van der Waals surface area contributed by atoms with Crippen LogP contribution in [0.2, 0.25) is 0 Å². The number of hydrogen-bond donors (Lipinski definition) is 0. The summed E-state index contributed by atoms with van der Waals surface area (Å²) in [7, 11) is 5.14. The molecule has 144 valence electrons. The van der Waals surface area contributed by atoms with Crippen LogP contribution in [0.25, 0.3) is 0 Å². The lowest BCUT2D eigenvalue weighted by atomic mass is 9.91. The molecule has 0 aliphatic rings. The predicted octanol–water partition coefficient (Wildman–Crippen LogP) is 4.64. The number of nitrogens with zero attached hydrogens (tertiary/aromatic N) is 1. The molecule has 4 heteroatoms. The number of anilines is 1. The summed E-state index contributed by atoms with van der Waals surface area (Å²) in [4.78, 5) is 14.6. The zero-order valence-corrected chi connectivity index (χ0v) is 16.5. The first kappa shape index (κ1) is 19.5. The lowest BCUT2D eigenvalue weighted by Gasteiger charge is -2.21. The fourth-order valence-electron chi connectivity index (χ4n) is 3.25. The summed E-state index contributed by atoms with van der Waals surface area (Å²) in [6.45, 7) is 0.780. The Hall–Kier alpha value is -3.27. The number of ether oxygens (including phenoxy) is 2. The lowest BCUT2D eigenvalue weighted by molar-refractivity contribution is -0.141. The molecule has 28 heavy (non-hydrogen) atoms. The van der Waals surface area contributed by atoms with Crippen molar-refractivity contribution < 1.29 is 14.3 Å². The highest BCUT2D eigenvalue weighted by atomic mass is 16.5. The number of methoxy groups -OCH3 is 2. The second kappa shape index (κ2) is 9.09. The molecule has 1 unspecified atom stereocenters. The van der Waals surface area contributed by atoms with E-state index in [1.807, 2.05) is 73.8 Å². The van der Waals surface area contributed by atoms with Crippen molar-refractivity contribution in [1.29, 1.82) is 0 Å². The first-order valence-electron chi connectivity index (χ1n) is 9.19. The molecule has 1 atom stereocenters. The van der Waals surface area contributed by atoms with Crippen molar-refractivity contribution in [3.8, 4) is 5.75 Å². The molecule has 3 aromatic carbocycles. The first-order chi connectivity index (χ1) is 13.6. The van der Waals surface area contributed by atoms with Crippen LogP contribution in [0.4, 0.5) is 5.69 Å². The van der Waals surface area contributed by atoms with E-state index in [0.29, 0.717) is 0 Å². The highest BCUT2D eigenvalue weighted by Crippen LogP contribution is 2.28. The van der Waals surface area contributed by atoms with Crippen LogP contribution in [0, 0.1) is 0 Å². The Labute approximate surface area is 166 Å². The molecule has 0 spiro atoms. The molecule has 3 rings (SSSR count). The third kappa shape index (κ3) is 4.52. The molecule has 0 amide bonds. The Morgan fingerprint density at radius 1 is 0.857 bits per heavy atom. The van der Waals surface area contributed by atoms with Gasteiger partial charge in [-0.3, -0.25) is 4.79 Å². The van der Waals surface area contributed by atoms with Gasteiger partial charge in [0.1, 0.15) is 11.7 Å². The maximum Gasteiger partial charge on any atom is 0.317 e. The molecule has 3 aromatic rings. The topological polar surface area (TPSA) is 38.8 Å². The number of hydrogen-bond acceptors (Lipinski definition) is 4. The predicted molar refractivity (Wildman–Crippen MR) is 112 cm³/mol. The second-order valence-electron chi connectivity index (χ2n) is 6.66. The zero-order chi connectivity index (χ0) is 19.9. The summed E-state index contributed by atoms with van der Waals surface area (Å²) in [5.74, 6) is 0.170. The van der Waals surface area contributed by atoms with Crippen molar-refractivity contribution in [3.63, 3.8) is 0 Å². The van der Waals surface area contributed by atoms with Crippen LogP contribution in [0.1, 0.15) is 22.6 Å². The van der Waals surface area contributed by atoms with Gasteiger partial charge in [-0.1, -0.05) is 54.6 Å². The maximum atomic E-state index is 12.4. The van der Waals surface area contributed by atoms with Crippen LogP contribution in [-0.2, 0) is 16.1 Å².